The molecule has 4 rings (SSSR count). The lowest BCUT2D eigenvalue weighted by atomic mass is 10.3. The quantitative estimate of drug-likeness (QED) is 0.394. The van der Waals surface area contributed by atoms with Gasteiger partial charge < -0.3 is 5.32 Å². The molecule has 0 aliphatic carbocycles. The summed E-state index contributed by atoms with van der Waals surface area (Å²) in [5.41, 5.74) is 0.999. The van der Waals surface area contributed by atoms with Gasteiger partial charge in [0.1, 0.15) is 5.82 Å². The van der Waals surface area contributed by atoms with E-state index in [1.165, 1.54) is 16.6 Å². The smallest absolute Gasteiger partial charge is 0.230 e. The molecule has 3 aromatic heterocycles. The van der Waals surface area contributed by atoms with Crippen LogP contribution in [-0.4, -0.2) is 26.4 Å². The molecule has 0 radical (unpaired) electrons. The van der Waals surface area contributed by atoms with Crippen LogP contribution in [0.15, 0.2) is 70.5 Å². The fraction of sp³-hybridized carbons (Fsp3) is 0.190. The fourth-order valence-corrected chi connectivity index (χ4v) is 5.15. The van der Waals surface area contributed by atoms with Gasteiger partial charge in [-0.3, -0.25) is 9.36 Å². The summed E-state index contributed by atoms with van der Waals surface area (Å²) in [5.74, 6) is 1.14. The van der Waals surface area contributed by atoms with Crippen molar-refractivity contribution in [2.75, 3.05) is 5.75 Å². The predicted molar refractivity (Wildman–Crippen MR) is 120 cm³/mol. The Morgan fingerprint density at radius 3 is 2.59 bits per heavy atom. The molecule has 0 aliphatic heterocycles. The van der Waals surface area contributed by atoms with Crippen molar-refractivity contribution in [3.63, 3.8) is 0 Å². The van der Waals surface area contributed by atoms with Crippen LogP contribution in [0.4, 0.5) is 0 Å². The van der Waals surface area contributed by atoms with Gasteiger partial charge in [-0.15, -0.1) is 32.9 Å². The van der Waals surface area contributed by atoms with Gasteiger partial charge in [0, 0.05) is 21.9 Å². The van der Waals surface area contributed by atoms with E-state index in [-0.39, 0.29) is 11.9 Å². The van der Waals surface area contributed by atoms with Crippen LogP contribution in [0.1, 0.15) is 28.5 Å². The van der Waals surface area contributed by atoms with E-state index in [9.17, 15) is 4.79 Å². The maximum atomic E-state index is 12.4. The van der Waals surface area contributed by atoms with Crippen LogP contribution in [0, 0.1) is 0 Å². The normalized spacial score (nSPS) is 12.0. The first kappa shape index (κ1) is 19.9. The Morgan fingerprint density at radius 2 is 1.86 bits per heavy atom. The van der Waals surface area contributed by atoms with Gasteiger partial charge in [-0.25, -0.2) is 0 Å². The van der Waals surface area contributed by atoms with E-state index in [1.807, 2.05) is 65.4 Å². The van der Waals surface area contributed by atoms with Crippen LogP contribution in [0.2, 0.25) is 0 Å². The zero-order valence-electron chi connectivity index (χ0n) is 15.8. The van der Waals surface area contributed by atoms with Crippen molar-refractivity contribution in [3.8, 4) is 5.69 Å². The van der Waals surface area contributed by atoms with Crippen molar-refractivity contribution in [3.05, 3.63) is 80.9 Å². The summed E-state index contributed by atoms with van der Waals surface area (Å²) in [6, 6.07) is 18.2. The van der Waals surface area contributed by atoms with Gasteiger partial charge in [-0.1, -0.05) is 42.1 Å². The van der Waals surface area contributed by atoms with E-state index >= 15 is 0 Å². The third kappa shape index (κ3) is 4.95. The first-order chi connectivity index (χ1) is 14.2. The summed E-state index contributed by atoms with van der Waals surface area (Å²) in [6.07, 6.45) is 0.710. The highest BCUT2D eigenvalue weighted by atomic mass is 32.2. The maximum Gasteiger partial charge on any atom is 0.230 e. The fourth-order valence-electron chi connectivity index (χ4n) is 2.94. The summed E-state index contributed by atoms with van der Waals surface area (Å²) in [6.45, 7) is 2.00. The number of rotatable bonds is 8. The molecule has 1 amide bonds. The average Bonchev–Trinajstić information content (AvgIpc) is 3.50. The van der Waals surface area contributed by atoms with Crippen molar-refractivity contribution in [1.82, 2.24) is 20.1 Å². The Bertz CT molecular complexity index is 1040. The Kier molecular flexibility index (Phi) is 6.43. The number of nitrogens with zero attached hydrogens (tertiary/aromatic N) is 3. The van der Waals surface area contributed by atoms with Gasteiger partial charge in [-0.05, 0) is 41.9 Å². The minimum Gasteiger partial charge on any atom is -0.348 e. The molecule has 4 aromatic rings. The average molecular weight is 441 g/mol. The van der Waals surface area contributed by atoms with Crippen molar-refractivity contribution in [2.45, 2.75) is 24.5 Å². The Labute approximate surface area is 181 Å². The van der Waals surface area contributed by atoms with Crippen LogP contribution in [-0.2, 0) is 11.2 Å². The Balaban J connectivity index is 1.49. The van der Waals surface area contributed by atoms with Gasteiger partial charge in [0.15, 0.2) is 5.16 Å². The molecule has 1 N–H and O–H groups in total. The van der Waals surface area contributed by atoms with Gasteiger partial charge in [0.05, 0.1) is 11.8 Å². The summed E-state index contributed by atoms with van der Waals surface area (Å²) < 4.78 is 2.04. The Morgan fingerprint density at radius 1 is 1.07 bits per heavy atom. The molecule has 5 nitrogen and oxygen atoms in total. The molecule has 0 saturated carbocycles. The topological polar surface area (TPSA) is 59.8 Å². The van der Waals surface area contributed by atoms with Crippen LogP contribution in [0.3, 0.4) is 0 Å². The van der Waals surface area contributed by atoms with Gasteiger partial charge in [0.25, 0.3) is 0 Å². The molecular weight excluding hydrogens is 420 g/mol. The number of carbonyl (C=O) groups is 1. The van der Waals surface area contributed by atoms with Crippen LogP contribution in [0.5, 0.6) is 0 Å². The number of nitrogens with one attached hydrogen (secondary N) is 1. The predicted octanol–water partition coefficient (Wildman–Crippen LogP) is 4.95. The van der Waals surface area contributed by atoms with Crippen molar-refractivity contribution >= 4 is 40.3 Å². The lowest BCUT2D eigenvalue weighted by Crippen LogP contribution is -2.27. The van der Waals surface area contributed by atoms with E-state index in [0.29, 0.717) is 12.2 Å². The number of thiophene rings is 2. The highest BCUT2D eigenvalue weighted by molar-refractivity contribution is 7.99. The summed E-state index contributed by atoms with van der Waals surface area (Å²) >= 11 is 4.76. The van der Waals surface area contributed by atoms with Crippen LogP contribution in [0.25, 0.3) is 5.69 Å². The summed E-state index contributed by atoms with van der Waals surface area (Å²) in [4.78, 5) is 14.8. The zero-order chi connectivity index (χ0) is 20.1. The molecule has 1 atom stereocenters. The number of hydrogen-bond donors (Lipinski definition) is 1. The molecule has 148 valence electrons. The second-order valence-electron chi connectivity index (χ2n) is 6.42. The molecule has 1 aromatic carbocycles. The molecule has 8 heteroatoms. The third-order valence-electron chi connectivity index (χ3n) is 4.31. The molecule has 0 aliphatic rings. The number of benzene rings is 1. The van der Waals surface area contributed by atoms with Crippen LogP contribution < -0.4 is 5.32 Å². The van der Waals surface area contributed by atoms with E-state index in [1.54, 1.807) is 22.7 Å². The number of hydrogen-bond acceptors (Lipinski definition) is 6. The highest BCUT2D eigenvalue weighted by Gasteiger charge is 2.17. The molecule has 3 heterocycles. The lowest BCUT2D eigenvalue weighted by molar-refractivity contribution is -0.119. The molecule has 0 bridgehead atoms. The van der Waals surface area contributed by atoms with E-state index in [4.69, 9.17) is 0 Å². The first-order valence-electron chi connectivity index (χ1n) is 9.18. The molecule has 0 fully saturated rings. The minimum absolute atomic E-state index is 0.00415. The lowest BCUT2D eigenvalue weighted by Gasteiger charge is -2.12. The molecule has 0 unspecified atom stereocenters. The molecule has 0 spiro atoms. The minimum atomic E-state index is -0.0154. The van der Waals surface area contributed by atoms with Gasteiger partial charge in [0.2, 0.25) is 5.91 Å². The number of aromatic nitrogens is 3. The number of thioether (sulfide) groups is 1. The second-order valence-corrected chi connectivity index (χ2v) is 9.37. The van der Waals surface area contributed by atoms with Crippen LogP contribution >= 0.6 is 34.4 Å². The monoisotopic (exact) mass is 440 g/mol. The van der Waals surface area contributed by atoms with Crippen molar-refractivity contribution < 1.29 is 4.79 Å². The van der Waals surface area contributed by atoms with Crippen molar-refractivity contribution in [1.29, 1.82) is 0 Å². The second kappa shape index (κ2) is 9.39. The third-order valence-corrected chi connectivity index (χ3v) is 7.17. The van der Waals surface area contributed by atoms with Gasteiger partial charge >= 0.3 is 0 Å². The molecular formula is C21H20N4OS3. The molecule has 0 saturated heterocycles. The zero-order valence-corrected chi connectivity index (χ0v) is 18.3. The summed E-state index contributed by atoms with van der Waals surface area (Å²) in [7, 11) is 0. The SMILES string of the molecule is C[C@H](NC(=O)CSc1nnc(Cc2cccs2)n1-c1ccccc1)c1cccs1. The number of amides is 1. The Hall–Kier alpha value is -2.42. The standard InChI is InChI=1S/C21H20N4OS3/c1-15(18-10-6-12-28-18)22-20(26)14-29-21-24-23-19(13-17-9-5-11-27-17)25(21)16-7-3-2-4-8-16/h2-12,15H,13-14H2,1H3,(H,22,26)/t15-/m0/s1. The van der Waals surface area contributed by atoms with E-state index in [2.05, 4.69) is 27.0 Å². The number of carbonyl (C=O) groups excluding carboxylic acids is 1. The number of para-hydroxylation sites is 1. The molecule has 29 heavy (non-hydrogen) atoms. The van der Waals surface area contributed by atoms with Gasteiger partial charge in [-0.2, -0.15) is 0 Å². The van der Waals surface area contributed by atoms with E-state index in [0.717, 1.165) is 21.5 Å². The first-order valence-corrected chi connectivity index (χ1v) is 11.9. The highest BCUT2D eigenvalue weighted by Crippen LogP contribution is 2.25. The van der Waals surface area contributed by atoms with E-state index < -0.39 is 0 Å². The maximum absolute atomic E-state index is 12.4. The van der Waals surface area contributed by atoms with Crippen molar-refractivity contribution in [2.24, 2.45) is 0 Å². The summed E-state index contributed by atoms with van der Waals surface area (Å²) in [5, 5.41) is 16.6. The largest absolute Gasteiger partial charge is 0.348 e.